The fourth-order valence-electron chi connectivity index (χ4n) is 2.06. The van der Waals surface area contributed by atoms with E-state index in [0.717, 1.165) is 12.0 Å². The van der Waals surface area contributed by atoms with Gasteiger partial charge in [-0.3, -0.25) is 4.79 Å². The minimum atomic E-state index is -0.0512. The predicted molar refractivity (Wildman–Crippen MR) is 63.1 cm³/mol. The second-order valence-electron chi connectivity index (χ2n) is 4.01. The molecule has 1 aliphatic rings. The van der Waals surface area contributed by atoms with Gasteiger partial charge in [0.15, 0.2) is 11.5 Å². The molecule has 0 bridgehead atoms. The van der Waals surface area contributed by atoms with Gasteiger partial charge in [0.05, 0.1) is 21.3 Å². The standard InChI is InChI=1S/C13H16O4/c1-15-11-7-13(17-3)12(16-2)6-9(11)8-4-5-10(8)14/h6-8H,4-5H2,1-3H3. The highest BCUT2D eigenvalue weighted by Gasteiger charge is 2.32. The van der Waals surface area contributed by atoms with E-state index in [1.165, 1.54) is 0 Å². The molecule has 92 valence electrons. The summed E-state index contributed by atoms with van der Waals surface area (Å²) in [6, 6.07) is 3.60. The molecule has 0 aromatic heterocycles. The number of rotatable bonds is 4. The van der Waals surface area contributed by atoms with Crippen LogP contribution < -0.4 is 14.2 Å². The van der Waals surface area contributed by atoms with E-state index >= 15 is 0 Å². The molecule has 0 radical (unpaired) electrons. The monoisotopic (exact) mass is 236 g/mol. The Hall–Kier alpha value is -1.71. The Morgan fingerprint density at radius 2 is 1.59 bits per heavy atom. The average molecular weight is 236 g/mol. The van der Waals surface area contributed by atoms with Crippen LogP contribution in [0.5, 0.6) is 17.2 Å². The number of Topliss-reactive ketones (excluding diaryl/α,β-unsaturated/α-hetero) is 1. The quantitative estimate of drug-likeness (QED) is 0.803. The lowest BCUT2D eigenvalue weighted by molar-refractivity contribution is -0.125. The van der Waals surface area contributed by atoms with Crippen LogP contribution in [-0.4, -0.2) is 27.1 Å². The lowest BCUT2D eigenvalue weighted by atomic mass is 9.78. The summed E-state index contributed by atoms with van der Waals surface area (Å²) in [5, 5.41) is 0. The maximum absolute atomic E-state index is 11.5. The molecular formula is C13H16O4. The summed E-state index contributed by atoms with van der Waals surface area (Å²) in [7, 11) is 4.75. The molecule has 1 unspecified atom stereocenters. The summed E-state index contributed by atoms with van der Waals surface area (Å²) in [5.74, 6) is 2.13. The van der Waals surface area contributed by atoms with Crippen LogP contribution in [0.25, 0.3) is 0 Å². The van der Waals surface area contributed by atoms with Crippen molar-refractivity contribution in [3.63, 3.8) is 0 Å². The maximum Gasteiger partial charge on any atom is 0.164 e. The molecule has 0 aliphatic heterocycles. The number of methoxy groups -OCH3 is 3. The van der Waals surface area contributed by atoms with Gasteiger partial charge in [-0.05, 0) is 12.5 Å². The number of carbonyl (C=O) groups excluding carboxylic acids is 1. The summed E-state index contributed by atoms with van der Waals surface area (Å²) in [6.45, 7) is 0. The van der Waals surface area contributed by atoms with Gasteiger partial charge < -0.3 is 14.2 Å². The van der Waals surface area contributed by atoms with E-state index in [1.807, 2.05) is 6.07 Å². The minimum absolute atomic E-state index is 0.0512. The number of ketones is 1. The third-order valence-electron chi connectivity index (χ3n) is 3.18. The van der Waals surface area contributed by atoms with E-state index in [2.05, 4.69) is 0 Å². The Bertz CT molecular complexity index is 439. The average Bonchev–Trinajstić information content (AvgIpc) is 2.36. The van der Waals surface area contributed by atoms with Crippen molar-refractivity contribution in [1.82, 2.24) is 0 Å². The minimum Gasteiger partial charge on any atom is -0.496 e. The highest BCUT2D eigenvalue weighted by Crippen LogP contribution is 2.43. The zero-order valence-electron chi connectivity index (χ0n) is 10.3. The molecule has 0 heterocycles. The molecule has 4 nitrogen and oxygen atoms in total. The number of hydrogen-bond acceptors (Lipinski definition) is 4. The molecule has 0 amide bonds. The lowest BCUT2D eigenvalue weighted by Crippen LogP contribution is -2.23. The molecule has 1 saturated carbocycles. The van der Waals surface area contributed by atoms with E-state index in [-0.39, 0.29) is 11.7 Å². The molecule has 1 aromatic carbocycles. The first-order chi connectivity index (χ1) is 8.21. The first-order valence-corrected chi connectivity index (χ1v) is 5.54. The molecule has 2 rings (SSSR count). The molecule has 17 heavy (non-hydrogen) atoms. The predicted octanol–water partition coefficient (Wildman–Crippen LogP) is 2.16. The summed E-state index contributed by atoms with van der Waals surface area (Å²) in [5.41, 5.74) is 0.890. The van der Waals surface area contributed by atoms with Crippen LogP contribution in [0.4, 0.5) is 0 Å². The number of ether oxygens (including phenoxy) is 3. The molecule has 1 aromatic rings. The first-order valence-electron chi connectivity index (χ1n) is 5.54. The Labute approximate surface area is 100 Å². The van der Waals surface area contributed by atoms with Gasteiger partial charge in [0.2, 0.25) is 0 Å². The molecule has 1 atom stereocenters. The van der Waals surface area contributed by atoms with Crippen molar-refractivity contribution in [3.8, 4) is 17.2 Å². The van der Waals surface area contributed by atoms with E-state index in [1.54, 1.807) is 27.4 Å². The van der Waals surface area contributed by atoms with Crippen molar-refractivity contribution >= 4 is 5.78 Å². The first kappa shape index (κ1) is 11.8. The Kier molecular flexibility index (Phi) is 3.22. The topological polar surface area (TPSA) is 44.8 Å². The second kappa shape index (κ2) is 4.65. The van der Waals surface area contributed by atoms with Gasteiger partial charge in [-0.15, -0.1) is 0 Å². The van der Waals surface area contributed by atoms with E-state index in [9.17, 15) is 4.79 Å². The van der Waals surface area contributed by atoms with Crippen LogP contribution in [0, 0.1) is 0 Å². The molecule has 4 heteroatoms. The molecule has 1 aliphatic carbocycles. The van der Waals surface area contributed by atoms with Gasteiger partial charge in [-0.25, -0.2) is 0 Å². The summed E-state index contributed by atoms with van der Waals surface area (Å²) in [4.78, 5) is 11.5. The number of hydrogen-bond donors (Lipinski definition) is 0. The molecule has 1 fully saturated rings. The van der Waals surface area contributed by atoms with Crippen LogP contribution >= 0.6 is 0 Å². The molecule has 0 spiro atoms. The van der Waals surface area contributed by atoms with Crippen molar-refractivity contribution in [3.05, 3.63) is 17.7 Å². The zero-order valence-corrected chi connectivity index (χ0v) is 10.3. The van der Waals surface area contributed by atoms with Crippen LogP contribution in [0.3, 0.4) is 0 Å². The lowest BCUT2D eigenvalue weighted by Gasteiger charge is -2.26. The normalized spacial score (nSPS) is 18.5. The third kappa shape index (κ3) is 1.95. The van der Waals surface area contributed by atoms with E-state index < -0.39 is 0 Å². The van der Waals surface area contributed by atoms with E-state index in [0.29, 0.717) is 23.7 Å². The van der Waals surface area contributed by atoms with Crippen LogP contribution in [0.15, 0.2) is 12.1 Å². The molecular weight excluding hydrogens is 220 g/mol. The second-order valence-corrected chi connectivity index (χ2v) is 4.01. The van der Waals surface area contributed by atoms with Crippen molar-refractivity contribution < 1.29 is 19.0 Å². The van der Waals surface area contributed by atoms with Crippen LogP contribution in [-0.2, 0) is 4.79 Å². The van der Waals surface area contributed by atoms with Crippen LogP contribution in [0.1, 0.15) is 24.3 Å². The number of benzene rings is 1. The van der Waals surface area contributed by atoms with Gasteiger partial charge in [0.1, 0.15) is 11.5 Å². The molecule has 0 N–H and O–H groups in total. The fourth-order valence-corrected chi connectivity index (χ4v) is 2.06. The molecule has 0 saturated heterocycles. The smallest absolute Gasteiger partial charge is 0.164 e. The van der Waals surface area contributed by atoms with Gasteiger partial charge >= 0.3 is 0 Å². The Morgan fingerprint density at radius 1 is 1.00 bits per heavy atom. The highest BCUT2D eigenvalue weighted by molar-refractivity contribution is 5.92. The van der Waals surface area contributed by atoms with Crippen molar-refractivity contribution in [1.29, 1.82) is 0 Å². The summed E-state index contributed by atoms with van der Waals surface area (Å²) < 4.78 is 15.7. The fraction of sp³-hybridized carbons (Fsp3) is 0.462. The van der Waals surface area contributed by atoms with Gasteiger partial charge in [0.25, 0.3) is 0 Å². The zero-order chi connectivity index (χ0) is 12.4. The highest BCUT2D eigenvalue weighted by atomic mass is 16.5. The third-order valence-corrected chi connectivity index (χ3v) is 3.18. The van der Waals surface area contributed by atoms with Crippen LogP contribution in [0.2, 0.25) is 0 Å². The Morgan fingerprint density at radius 3 is 2.00 bits per heavy atom. The maximum atomic E-state index is 11.5. The number of carbonyl (C=O) groups is 1. The van der Waals surface area contributed by atoms with E-state index in [4.69, 9.17) is 14.2 Å². The summed E-state index contributed by atoms with van der Waals surface area (Å²) in [6.07, 6.45) is 1.53. The SMILES string of the molecule is COc1cc(OC)c(C2CCC2=O)cc1OC. The largest absolute Gasteiger partial charge is 0.496 e. The van der Waals surface area contributed by atoms with Gasteiger partial charge in [0, 0.05) is 24.0 Å². The van der Waals surface area contributed by atoms with Gasteiger partial charge in [-0.1, -0.05) is 0 Å². The van der Waals surface area contributed by atoms with Crippen molar-refractivity contribution in [2.45, 2.75) is 18.8 Å². The Balaban J connectivity index is 2.45. The van der Waals surface area contributed by atoms with Crippen molar-refractivity contribution in [2.24, 2.45) is 0 Å². The summed E-state index contributed by atoms with van der Waals surface area (Å²) >= 11 is 0. The van der Waals surface area contributed by atoms with Gasteiger partial charge in [-0.2, -0.15) is 0 Å². The van der Waals surface area contributed by atoms with Crippen molar-refractivity contribution in [2.75, 3.05) is 21.3 Å².